The molecule has 0 bridgehead atoms. The smallest absolute Gasteiger partial charge is 0.243 e. The summed E-state index contributed by atoms with van der Waals surface area (Å²) in [4.78, 5) is 4.98. The third kappa shape index (κ3) is 4.55. The number of aliphatic imine (C=N–C) groups is 1. The van der Waals surface area contributed by atoms with E-state index in [4.69, 9.17) is 0 Å². The van der Waals surface area contributed by atoms with E-state index in [2.05, 4.69) is 15.6 Å². The summed E-state index contributed by atoms with van der Waals surface area (Å²) in [7, 11) is -3.59. The number of sulfonamides is 1. The molecular formula is C23H28F2N4O2S. The average molecular weight is 463 g/mol. The highest BCUT2D eigenvalue weighted by atomic mass is 32.2. The molecule has 4 rings (SSSR count). The second-order valence-electron chi connectivity index (χ2n) is 8.54. The van der Waals surface area contributed by atoms with Crippen molar-refractivity contribution >= 4 is 15.9 Å². The lowest BCUT2D eigenvalue weighted by Crippen LogP contribution is -2.64. The lowest BCUT2D eigenvalue weighted by atomic mass is 9.85. The van der Waals surface area contributed by atoms with Gasteiger partial charge in [-0.1, -0.05) is 12.1 Å². The van der Waals surface area contributed by atoms with Crippen LogP contribution in [-0.2, 0) is 16.6 Å². The van der Waals surface area contributed by atoms with Crippen molar-refractivity contribution in [1.82, 2.24) is 14.9 Å². The fourth-order valence-electron chi connectivity index (χ4n) is 4.47. The number of amidine groups is 1. The van der Waals surface area contributed by atoms with Gasteiger partial charge in [0.15, 0.2) is 0 Å². The van der Waals surface area contributed by atoms with Crippen LogP contribution in [0.2, 0.25) is 0 Å². The summed E-state index contributed by atoms with van der Waals surface area (Å²) in [6, 6.07) is 8.89. The Morgan fingerprint density at radius 2 is 1.78 bits per heavy atom. The zero-order valence-electron chi connectivity index (χ0n) is 18.3. The number of aryl methyl sites for hydroxylation is 2. The molecule has 6 nitrogen and oxygen atoms in total. The highest BCUT2D eigenvalue weighted by Gasteiger charge is 2.43. The van der Waals surface area contributed by atoms with Crippen LogP contribution >= 0.6 is 0 Å². The first-order chi connectivity index (χ1) is 15.2. The molecule has 1 fully saturated rings. The van der Waals surface area contributed by atoms with Crippen LogP contribution in [0.4, 0.5) is 8.78 Å². The fraction of sp³-hybridized carbons (Fsp3) is 0.435. The molecule has 0 radical (unpaired) electrons. The van der Waals surface area contributed by atoms with Crippen LogP contribution in [0.3, 0.4) is 0 Å². The van der Waals surface area contributed by atoms with Crippen molar-refractivity contribution in [3.8, 4) is 0 Å². The van der Waals surface area contributed by atoms with E-state index in [1.807, 2.05) is 26.0 Å². The van der Waals surface area contributed by atoms with Crippen molar-refractivity contribution in [1.29, 1.82) is 0 Å². The molecule has 2 N–H and O–H groups in total. The third-order valence-corrected chi connectivity index (χ3v) is 8.26. The van der Waals surface area contributed by atoms with E-state index in [1.165, 1.54) is 16.4 Å². The second-order valence-corrected chi connectivity index (χ2v) is 10.4. The SMILES string of the molecule is Cc1ccc(C)c(S(=O)(=O)N2CCC3(CC2)NCCN=C3NCc2cc(F)cc(F)c2)c1. The first-order valence-electron chi connectivity index (χ1n) is 10.8. The molecule has 2 aliphatic rings. The molecule has 0 unspecified atom stereocenters. The molecule has 1 saturated heterocycles. The van der Waals surface area contributed by atoms with Crippen molar-refractivity contribution in [2.45, 2.75) is 43.7 Å². The van der Waals surface area contributed by atoms with Crippen molar-refractivity contribution in [2.75, 3.05) is 26.2 Å². The summed E-state index contributed by atoms with van der Waals surface area (Å²) in [6.07, 6.45) is 1.11. The Balaban J connectivity index is 1.48. The van der Waals surface area contributed by atoms with Crippen molar-refractivity contribution in [3.63, 3.8) is 0 Å². The maximum absolute atomic E-state index is 13.5. The normalized spacial score (nSPS) is 19.1. The number of nitrogens with one attached hydrogen (secondary N) is 2. The summed E-state index contributed by atoms with van der Waals surface area (Å²) >= 11 is 0. The Morgan fingerprint density at radius 1 is 1.09 bits per heavy atom. The second kappa shape index (κ2) is 8.88. The molecule has 2 heterocycles. The minimum atomic E-state index is -3.59. The van der Waals surface area contributed by atoms with Crippen LogP contribution in [0.1, 0.15) is 29.5 Å². The van der Waals surface area contributed by atoms with Gasteiger partial charge in [0.05, 0.1) is 17.0 Å². The molecule has 0 aliphatic carbocycles. The van der Waals surface area contributed by atoms with Crippen LogP contribution in [0.15, 0.2) is 46.3 Å². The number of halogens is 2. The van der Waals surface area contributed by atoms with E-state index in [1.54, 1.807) is 6.07 Å². The quantitative estimate of drug-likeness (QED) is 0.733. The lowest BCUT2D eigenvalue weighted by molar-refractivity contribution is 0.241. The van der Waals surface area contributed by atoms with Crippen molar-refractivity contribution in [3.05, 3.63) is 64.7 Å². The van der Waals surface area contributed by atoms with Gasteiger partial charge in [0.2, 0.25) is 10.0 Å². The Bertz CT molecular complexity index is 1120. The fourth-order valence-corrected chi connectivity index (χ4v) is 6.22. The van der Waals surface area contributed by atoms with Gasteiger partial charge >= 0.3 is 0 Å². The van der Waals surface area contributed by atoms with Crippen LogP contribution < -0.4 is 10.6 Å². The molecule has 0 saturated carbocycles. The highest BCUT2D eigenvalue weighted by Crippen LogP contribution is 2.30. The van der Waals surface area contributed by atoms with Gasteiger partial charge in [-0.2, -0.15) is 4.31 Å². The highest BCUT2D eigenvalue weighted by molar-refractivity contribution is 7.89. The van der Waals surface area contributed by atoms with E-state index >= 15 is 0 Å². The lowest BCUT2D eigenvalue weighted by Gasteiger charge is -2.44. The van der Waals surface area contributed by atoms with Gasteiger partial charge < -0.3 is 10.6 Å². The molecule has 32 heavy (non-hydrogen) atoms. The largest absolute Gasteiger partial charge is 0.368 e. The summed E-state index contributed by atoms with van der Waals surface area (Å²) in [5.74, 6) is -0.521. The van der Waals surface area contributed by atoms with Gasteiger partial charge in [-0.25, -0.2) is 17.2 Å². The van der Waals surface area contributed by atoms with Crippen LogP contribution in [0.25, 0.3) is 0 Å². The number of benzene rings is 2. The average Bonchev–Trinajstić information content (AvgIpc) is 2.74. The van der Waals surface area contributed by atoms with Gasteiger partial charge in [0.1, 0.15) is 17.5 Å². The van der Waals surface area contributed by atoms with Crippen LogP contribution in [0, 0.1) is 25.5 Å². The molecule has 0 aromatic heterocycles. The Kier molecular flexibility index (Phi) is 6.33. The molecule has 1 spiro atoms. The van der Waals surface area contributed by atoms with Crippen molar-refractivity contribution in [2.24, 2.45) is 4.99 Å². The Hall–Kier alpha value is -2.36. The Labute approximate surface area is 187 Å². The van der Waals surface area contributed by atoms with Crippen LogP contribution in [-0.4, -0.2) is 50.3 Å². The zero-order chi connectivity index (χ0) is 22.9. The number of hydrogen-bond acceptors (Lipinski definition) is 5. The molecule has 2 aliphatic heterocycles. The monoisotopic (exact) mass is 462 g/mol. The molecule has 2 aromatic carbocycles. The van der Waals surface area contributed by atoms with E-state index < -0.39 is 27.2 Å². The van der Waals surface area contributed by atoms with Gasteiger partial charge in [-0.05, 0) is 61.6 Å². The molecule has 9 heteroatoms. The van der Waals surface area contributed by atoms with E-state index in [0.29, 0.717) is 49.5 Å². The molecule has 0 atom stereocenters. The number of nitrogens with zero attached hydrogens (tertiary/aromatic N) is 2. The third-order valence-electron chi connectivity index (χ3n) is 6.22. The van der Waals surface area contributed by atoms with E-state index in [0.717, 1.165) is 23.0 Å². The minimum Gasteiger partial charge on any atom is -0.368 e. The summed E-state index contributed by atoms with van der Waals surface area (Å²) in [5, 5.41) is 6.75. The number of rotatable bonds is 4. The predicted molar refractivity (Wildman–Crippen MR) is 120 cm³/mol. The molecule has 2 aromatic rings. The Morgan fingerprint density at radius 3 is 2.47 bits per heavy atom. The predicted octanol–water partition coefficient (Wildman–Crippen LogP) is 2.90. The summed E-state index contributed by atoms with van der Waals surface area (Å²) in [6.45, 7) is 5.94. The zero-order valence-corrected chi connectivity index (χ0v) is 19.1. The standard InChI is InChI=1S/C23H28F2N4O2S/c1-16-3-4-17(2)21(11-16)32(30,31)29-9-5-23(6-10-29)22(26-7-8-28-23)27-15-18-12-19(24)14-20(25)13-18/h3-4,11-14,28H,5-10,15H2,1-2H3,(H,26,27). The first-order valence-corrected chi connectivity index (χ1v) is 12.2. The van der Waals surface area contributed by atoms with E-state index in [9.17, 15) is 17.2 Å². The van der Waals surface area contributed by atoms with Crippen LogP contribution in [0.5, 0.6) is 0 Å². The first kappa shape index (κ1) is 22.8. The molecule has 0 amide bonds. The van der Waals surface area contributed by atoms with E-state index in [-0.39, 0.29) is 6.54 Å². The van der Waals surface area contributed by atoms with Gasteiger partial charge in [-0.15, -0.1) is 0 Å². The van der Waals surface area contributed by atoms with Crippen molar-refractivity contribution < 1.29 is 17.2 Å². The van der Waals surface area contributed by atoms with Gasteiger partial charge in [-0.3, -0.25) is 4.99 Å². The minimum absolute atomic E-state index is 0.238. The maximum Gasteiger partial charge on any atom is 0.243 e. The molecule has 172 valence electrons. The topological polar surface area (TPSA) is 73.8 Å². The van der Waals surface area contributed by atoms with Gasteiger partial charge in [0.25, 0.3) is 0 Å². The summed E-state index contributed by atoms with van der Waals surface area (Å²) < 4.78 is 55.1. The van der Waals surface area contributed by atoms with Gasteiger partial charge in [0, 0.05) is 32.2 Å². The maximum atomic E-state index is 13.5. The number of piperidine rings is 1. The number of hydrogen-bond donors (Lipinski definition) is 2. The molecular weight excluding hydrogens is 434 g/mol. The summed E-state index contributed by atoms with van der Waals surface area (Å²) in [5.41, 5.74) is 1.65.